The van der Waals surface area contributed by atoms with Crippen LogP contribution in [-0.2, 0) is 0 Å². The van der Waals surface area contributed by atoms with Gasteiger partial charge in [0.15, 0.2) is 0 Å². The van der Waals surface area contributed by atoms with E-state index in [9.17, 15) is 0 Å². The second-order valence-corrected chi connectivity index (χ2v) is 3.50. The van der Waals surface area contributed by atoms with E-state index in [0.717, 1.165) is 17.2 Å². The van der Waals surface area contributed by atoms with Crippen molar-refractivity contribution in [2.45, 2.75) is 20.0 Å². The van der Waals surface area contributed by atoms with Crippen LogP contribution in [0.1, 0.15) is 11.3 Å². The quantitative estimate of drug-likeness (QED) is 0.672. The van der Waals surface area contributed by atoms with Crippen LogP contribution in [0.4, 0.5) is 5.95 Å². The molecule has 0 amide bonds. The first kappa shape index (κ1) is 8.44. The molecule has 0 saturated carbocycles. The van der Waals surface area contributed by atoms with Gasteiger partial charge in [0.25, 0.3) is 0 Å². The van der Waals surface area contributed by atoms with Crippen molar-refractivity contribution in [3.8, 4) is 0 Å². The lowest BCUT2D eigenvalue weighted by atomic mass is 10.2. The molecule has 1 aromatic heterocycles. The van der Waals surface area contributed by atoms with Gasteiger partial charge in [-0.15, -0.1) is 0 Å². The fourth-order valence-corrected chi connectivity index (χ4v) is 1.29. The van der Waals surface area contributed by atoms with E-state index in [1.165, 1.54) is 0 Å². The van der Waals surface area contributed by atoms with Crippen LogP contribution in [0.5, 0.6) is 0 Å². The van der Waals surface area contributed by atoms with Crippen molar-refractivity contribution in [3.63, 3.8) is 0 Å². The fraction of sp³-hybridized carbons (Fsp3) is 0.556. The normalized spacial score (nSPS) is 17.3. The number of aryl methyl sites for hydroxylation is 2. The largest absolute Gasteiger partial charge is 0.389 e. The van der Waals surface area contributed by atoms with Gasteiger partial charge in [-0.25, -0.2) is 9.97 Å². The van der Waals surface area contributed by atoms with Gasteiger partial charge in [0, 0.05) is 25.0 Å². The molecule has 2 heterocycles. The Bertz CT molecular complexity index is 321. The summed E-state index contributed by atoms with van der Waals surface area (Å²) in [6, 6.07) is 0. The Kier molecular flexibility index (Phi) is 1.92. The van der Waals surface area contributed by atoms with Crippen LogP contribution in [0.3, 0.4) is 0 Å². The lowest BCUT2D eigenvalue weighted by Crippen LogP contribution is -2.51. The van der Waals surface area contributed by atoms with Crippen molar-refractivity contribution in [1.29, 1.82) is 0 Å². The summed E-state index contributed by atoms with van der Waals surface area (Å²) in [5.74, 6) is 0.730. The number of hydrogen-bond donors (Lipinski definition) is 1. The molecule has 1 aromatic rings. The Hall–Kier alpha value is -1.16. The van der Waals surface area contributed by atoms with Crippen LogP contribution >= 0.6 is 0 Å². The van der Waals surface area contributed by atoms with Crippen LogP contribution in [0.15, 0.2) is 6.20 Å². The molecule has 2 rings (SSSR count). The summed E-state index contributed by atoms with van der Waals surface area (Å²) in [6.45, 7) is 5.27. The predicted octanol–water partition coefficient (Wildman–Crippen LogP) is 0.274. The monoisotopic (exact) mass is 179 g/mol. The second kappa shape index (κ2) is 2.96. The number of nitrogens with zero attached hydrogens (tertiary/aromatic N) is 3. The topological polar surface area (TPSA) is 49.2 Å². The zero-order chi connectivity index (χ0) is 9.42. The Morgan fingerprint density at radius 3 is 2.69 bits per heavy atom. The Morgan fingerprint density at radius 1 is 1.46 bits per heavy atom. The zero-order valence-electron chi connectivity index (χ0n) is 7.86. The van der Waals surface area contributed by atoms with Gasteiger partial charge >= 0.3 is 0 Å². The smallest absolute Gasteiger partial charge is 0.225 e. The predicted molar refractivity (Wildman–Crippen MR) is 49.7 cm³/mol. The first-order valence-electron chi connectivity index (χ1n) is 4.40. The molecule has 1 saturated heterocycles. The van der Waals surface area contributed by atoms with Gasteiger partial charge in [0.05, 0.1) is 6.10 Å². The lowest BCUT2D eigenvalue weighted by molar-refractivity contribution is 0.140. The van der Waals surface area contributed by atoms with Crippen LogP contribution in [0.2, 0.25) is 0 Å². The van der Waals surface area contributed by atoms with E-state index < -0.39 is 0 Å². The molecule has 1 aliphatic rings. The third-order valence-corrected chi connectivity index (χ3v) is 2.36. The molecular formula is C9H13N3O. The highest BCUT2D eigenvalue weighted by Crippen LogP contribution is 2.16. The highest BCUT2D eigenvalue weighted by atomic mass is 16.3. The Morgan fingerprint density at radius 2 is 2.15 bits per heavy atom. The summed E-state index contributed by atoms with van der Waals surface area (Å²) in [7, 11) is 0. The van der Waals surface area contributed by atoms with Crippen molar-refractivity contribution in [2.75, 3.05) is 18.0 Å². The van der Waals surface area contributed by atoms with Gasteiger partial charge in [-0.3, -0.25) is 0 Å². The summed E-state index contributed by atoms with van der Waals surface area (Å²) in [6.07, 6.45) is 1.62. The average Bonchev–Trinajstić information content (AvgIpc) is 2.05. The third kappa shape index (κ3) is 1.49. The van der Waals surface area contributed by atoms with E-state index in [-0.39, 0.29) is 6.10 Å². The molecule has 0 atom stereocenters. The number of hydrogen-bond acceptors (Lipinski definition) is 4. The maximum atomic E-state index is 9.11. The highest BCUT2D eigenvalue weighted by molar-refractivity contribution is 5.36. The molecule has 1 N–H and O–H groups in total. The molecule has 1 aliphatic heterocycles. The maximum absolute atomic E-state index is 9.11. The number of aliphatic hydroxyl groups is 1. The van der Waals surface area contributed by atoms with Crippen LogP contribution in [0, 0.1) is 13.8 Å². The highest BCUT2D eigenvalue weighted by Gasteiger charge is 2.26. The summed E-state index contributed by atoms with van der Waals surface area (Å²) in [5, 5.41) is 9.11. The minimum Gasteiger partial charge on any atom is -0.389 e. The molecule has 0 radical (unpaired) electrons. The number of aliphatic hydroxyl groups excluding tert-OH is 1. The number of aromatic nitrogens is 2. The third-order valence-electron chi connectivity index (χ3n) is 2.36. The minimum absolute atomic E-state index is 0.204. The van der Waals surface area contributed by atoms with Gasteiger partial charge in [0.1, 0.15) is 0 Å². The van der Waals surface area contributed by atoms with Crippen molar-refractivity contribution in [2.24, 2.45) is 0 Å². The van der Waals surface area contributed by atoms with E-state index in [4.69, 9.17) is 5.11 Å². The molecule has 0 unspecified atom stereocenters. The molecule has 4 heteroatoms. The number of β-amino-alcohol motifs (C(OH)–C–C–N with tert-alkyl or cyclic N) is 1. The molecule has 4 nitrogen and oxygen atoms in total. The summed E-state index contributed by atoms with van der Waals surface area (Å²) in [5.41, 5.74) is 2.11. The summed E-state index contributed by atoms with van der Waals surface area (Å²) in [4.78, 5) is 10.5. The molecule has 0 bridgehead atoms. The molecular weight excluding hydrogens is 166 g/mol. The summed E-state index contributed by atoms with van der Waals surface area (Å²) >= 11 is 0. The zero-order valence-corrected chi connectivity index (χ0v) is 7.86. The van der Waals surface area contributed by atoms with Crippen LogP contribution < -0.4 is 4.90 Å². The minimum atomic E-state index is -0.204. The van der Waals surface area contributed by atoms with Crippen LogP contribution in [-0.4, -0.2) is 34.3 Å². The van der Waals surface area contributed by atoms with Crippen molar-refractivity contribution in [3.05, 3.63) is 17.5 Å². The molecule has 0 aromatic carbocycles. The van der Waals surface area contributed by atoms with Gasteiger partial charge in [-0.2, -0.15) is 0 Å². The number of rotatable bonds is 1. The van der Waals surface area contributed by atoms with E-state index in [1.807, 2.05) is 24.9 Å². The lowest BCUT2D eigenvalue weighted by Gasteiger charge is -2.35. The van der Waals surface area contributed by atoms with Crippen molar-refractivity contribution < 1.29 is 5.11 Å². The molecule has 1 fully saturated rings. The fourth-order valence-electron chi connectivity index (χ4n) is 1.29. The van der Waals surface area contributed by atoms with E-state index in [2.05, 4.69) is 9.97 Å². The van der Waals surface area contributed by atoms with Crippen LogP contribution in [0.25, 0.3) is 0 Å². The van der Waals surface area contributed by atoms with E-state index in [1.54, 1.807) is 0 Å². The average molecular weight is 179 g/mol. The maximum Gasteiger partial charge on any atom is 0.225 e. The van der Waals surface area contributed by atoms with E-state index >= 15 is 0 Å². The van der Waals surface area contributed by atoms with Gasteiger partial charge in [-0.1, -0.05) is 0 Å². The van der Waals surface area contributed by atoms with Gasteiger partial charge in [0.2, 0.25) is 5.95 Å². The Balaban J connectivity index is 2.18. The Labute approximate surface area is 77.2 Å². The first-order chi connectivity index (χ1) is 6.16. The molecule has 70 valence electrons. The SMILES string of the molecule is Cc1cnc(N2CC(O)C2)nc1C. The summed E-state index contributed by atoms with van der Waals surface area (Å²) < 4.78 is 0. The number of anilines is 1. The van der Waals surface area contributed by atoms with Gasteiger partial charge < -0.3 is 10.0 Å². The standard InChI is InChI=1S/C9H13N3O/c1-6-3-10-9(11-7(6)2)12-4-8(13)5-12/h3,8,13H,4-5H2,1-2H3. The van der Waals surface area contributed by atoms with E-state index in [0.29, 0.717) is 13.1 Å². The first-order valence-corrected chi connectivity index (χ1v) is 4.40. The molecule has 0 aliphatic carbocycles. The van der Waals surface area contributed by atoms with Crippen molar-refractivity contribution >= 4 is 5.95 Å². The van der Waals surface area contributed by atoms with Gasteiger partial charge in [-0.05, 0) is 19.4 Å². The second-order valence-electron chi connectivity index (χ2n) is 3.50. The molecule has 13 heavy (non-hydrogen) atoms. The van der Waals surface area contributed by atoms with Crippen molar-refractivity contribution in [1.82, 2.24) is 9.97 Å². The molecule has 0 spiro atoms.